The Morgan fingerprint density at radius 3 is 2.37 bits per heavy atom. The minimum Gasteiger partial charge on any atom is -0.370 e. The van der Waals surface area contributed by atoms with E-state index in [1.165, 1.54) is 5.56 Å². The van der Waals surface area contributed by atoms with Gasteiger partial charge in [-0.1, -0.05) is 37.3 Å². The van der Waals surface area contributed by atoms with Crippen LogP contribution in [0.3, 0.4) is 0 Å². The molecule has 0 aliphatic rings. The summed E-state index contributed by atoms with van der Waals surface area (Å²) in [5.41, 5.74) is 1.28. The minimum atomic E-state index is 0.0409. The molecule has 0 amide bonds. The zero-order valence-corrected chi connectivity index (χ0v) is 12.9. The Morgan fingerprint density at radius 2 is 1.84 bits per heavy atom. The monoisotopic (exact) mass is 264 g/mol. The maximum absolute atomic E-state index is 6.15. The fourth-order valence-corrected chi connectivity index (χ4v) is 1.65. The van der Waals surface area contributed by atoms with Gasteiger partial charge in [-0.3, -0.25) is 0 Å². The molecule has 0 spiro atoms. The first kappa shape index (κ1) is 16.2. The summed E-state index contributed by atoms with van der Waals surface area (Å²) in [4.78, 5) is 2.20. The maximum Gasteiger partial charge on any atom is 0.0950 e. The van der Waals surface area contributed by atoms with Gasteiger partial charge < -0.3 is 15.0 Å². The molecule has 0 aliphatic heterocycles. The van der Waals surface area contributed by atoms with E-state index in [0.29, 0.717) is 6.61 Å². The number of hydrogen-bond acceptors (Lipinski definition) is 3. The fourth-order valence-electron chi connectivity index (χ4n) is 1.65. The predicted molar refractivity (Wildman–Crippen MR) is 81.4 cm³/mol. The zero-order valence-electron chi connectivity index (χ0n) is 12.9. The second kappa shape index (κ2) is 7.63. The van der Waals surface area contributed by atoms with Crippen molar-refractivity contribution in [3.05, 3.63) is 35.9 Å². The van der Waals surface area contributed by atoms with Crippen LogP contribution in [-0.4, -0.2) is 44.2 Å². The van der Waals surface area contributed by atoms with Gasteiger partial charge >= 0.3 is 0 Å². The van der Waals surface area contributed by atoms with Crippen molar-refractivity contribution in [2.45, 2.75) is 32.4 Å². The van der Waals surface area contributed by atoms with E-state index in [2.05, 4.69) is 69.3 Å². The van der Waals surface area contributed by atoms with Crippen LogP contribution in [0.2, 0.25) is 0 Å². The molecule has 1 unspecified atom stereocenters. The van der Waals surface area contributed by atoms with Gasteiger partial charge in [0.1, 0.15) is 0 Å². The Labute approximate surface area is 118 Å². The van der Waals surface area contributed by atoms with Gasteiger partial charge in [-0.15, -0.1) is 0 Å². The first-order chi connectivity index (χ1) is 8.97. The van der Waals surface area contributed by atoms with E-state index in [1.807, 2.05) is 6.07 Å². The summed E-state index contributed by atoms with van der Waals surface area (Å²) < 4.78 is 6.15. The van der Waals surface area contributed by atoms with Crippen LogP contribution in [0.1, 0.15) is 32.4 Å². The van der Waals surface area contributed by atoms with Crippen molar-refractivity contribution in [2.75, 3.05) is 33.8 Å². The Bertz CT molecular complexity index is 349. The lowest BCUT2D eigenvalue weighted by Crippen LogP contribution is -2.43. The zero-order chi connectivity index (χ0) is 14.3. The molecule has 3 nitrogen and oxygen atoms in total. The second-order valence-electron chi connectivity index (χ2n) is 5.72. The normalized spacial score (nSPS) is 13.8. The number of ether oxygens (including phenoxy) is 1. The van der Waals surface area contributed by atoms with E-state index in [0.717, 1.165) is 13.1 Å². The molecule has 0 saturated heterocycles. The van der Waals surface area contributed by atoms with Gasteiger partial charge in [0.25, 0.3) is 0 Å². The van der Waals surface area contributed by atoms with Crippen molar-refractivity contribution < 1.29 is 4.74 Å². The minimum absolute atomic E-state index is 0.0409. The molecule has 1 N–H and O–H groups in total. The number of likely N-dealkylation sites (N-methyl/N-ethyl adjacent to an activating group) is 2. The highest BCUT2D eigenvalue weighted by molar-refractivity contribution is 5.18. The first-order valence-electron chi connectivity index (χ1n) is 7.02. The molecule has 3 heteroatoms. The molecule has 1 rings (SSSR count). The van der Waals surface area contributed by atoms with Crippen molar-refractivity contribution in [1.29, 1.82) is 0 Å². The average molecular weight is 264 g/mol. The molecule has 0 radical (unpaired) electrons. The number of nitrogens with zero attached hydrogens (tertiary/aromatic N) is 1. The van der Waals surface area contributed by atoms with Crippen molar-refractivity contribution in [1.82, 2.24) is 10.2 Å². The van der Waals surface area contributed by atoms with E-state index >= 15 is 0 Å². The molecule has 108 valence electrons. The standard InChI is InChI=1S/C16H28N2O/c1-6-17-12-15(14-10-8-7-9-11-14)19-13-16(2,3)18(4)5/h7-11,15,17H,6,12-13H2,1-5H3. The molecule has 0 aromatic heterocycles. The SMILES string of the molecule is CCNCC(OCC(C)(C)N(C)C)c1ccccc1. The fraction of sp³-hybridized carbons (Fsp3) is 0.625. The van der Waals surface area contributed by atoms with Gasteiger partial charge in [-0.2, -0.15) is 0 Å². The summed E-state index contributed by atoms with van der Waals surface area (Å²) in [6.07, 6.45) is 0.111. The van der Waals surface area contributed by atoms with Crippen LogP contribution >= 0.6 is 0 Å². The van der Waals surface area contributed by atoms with Crippen LogP contribution in [0, 0.1) is 0 Å². The van der Waals surface area contributed by atoms with Crippen LogP contribution in [0.4, 0.5) is 0 Å². The van der Waals surface area contributed by atoms with Gasteiger partial charge in [-0.05, 0) is 40.1 Å². The quantitative estimate of drug-likeness (QED) is 0.781. The van der Waals surface area contributed by atoms with E-state index in [-0.39, 0.29) is 11.6 Å². The Balaban J connectivity index is 2.66. The highest BCUT2D eigenvalue weighted by Crippen LogP contribution is 2.20. The van der Waals surface area contributed by atoms with Gasteiger partial charge in [0.05, 0.1) is 12.7 Å². The third-order valence-electron chi connectivity index (χ3n) is 3.60. The lowest BCUT2D eigenvalue weighted by Gasteiger charge is -2.34. The van der Waals surface area contributed by atoms with Gasteiger partial charge in [-0.25, -0.2) is 0 Å². The van der Waals surface area contributed by atoms with Crippen LogP contribution < -0.4 is 5.32 Å². The topological polar surface area (TPSA) is 24.5 Å². The van der Waals surface area contributed by atoms with Gasteiger partial charge in [0.2, 0.25) is 0 Å². The van der Waals surface area contributed by atoms with E-state index < -0.39 is 0 Å². The molecular formula is C16H28N2O. The Kier molecular flexibility index (Phi) is 6.49. The number of rotatable bonds is 8. The van der Waals surface area contributed by atoms with Gasteiger partial charge in [0.15, 0.2) is 0 Å². The maximum atomic E-state index is 6.15. The molecule has 0 saturated carbocycles. The van der Waals surface area contributed by atoms with E-state index in [1.54, 1.807) is 0 Å². The third-order valence-corrected chi connectivity index (χ3v) is 3.60. The number of hydrogen-bond donors (Lipinski definition) is 1. The highest BCUT2D eigenvalue weighted by Gasteiger charge is 2.23. The summed E-state index contributed by atoms with van der Waals surface area (Å²) >= 11 is 0. The smallest absolute Gasteiger partial charge is 0.0950 e. The van der Waals surface area contributed by atoms with Crippen molar-refractivity contribution in [2.24, 2.45) is 0 Å². The van der Waals surface area contributed by atoms with Crippen molar-refractivity contribution >= 4 is 0 Å². The molecule has 0 fully saturated rings. The van der Waals surface area contributed by atoms with Crippen molar-refractivity contribution in [3.8, 4) is 0 Å². The summed E-state index contributed by atoms with van der Waals surface area (Å²) in [5.74, 6) is 0. The van der Waals surface area contributed by atoms with Crippen LogP contribution in [0.15, 0.2) is 30.3 Å². The average Bonchev–Trinajstić information content (AvgIpc) is 2.39. The second-order valence-corrected chi connectivity index (χ2v) is 5.72. The first-order valence-corrected chi connectivity index (χ1v) is 7.02. The Morgan fingerprint density at radius 1 is 1.21 bits per heavy atom. The van der Waals surface area contributed by atoms with Crippen LogP contribution in [-0.2, 0) is 4.74 Å². The Hall–Kier alpha value is -0.900. The van der Waals surface area contributed by atoms with Crippen LogP contribution in [0.25, 0.3) is 0 Å². The molecule has 1 aromatic carbocycles. The summed E-state index contributed by atoms with van der Waals surface area (Å²) in [7, 11) is 4.18. The van der Waals surface area contributed by atoms with Crippen molar-refractivity contribution in [3.63, 3.8) is 0 Å². The summed E-state index contributed by atoms with van der Waals surface area (Å²) in [5, 5.41) is 3.37. The number of benzene rings is 1. The molecule has 1 atom stereocenters. The van der Waals surface area contributed by atoms with E-state index in [4.69, 9.17) is 4.74 Å². The largest absolute Gasteiger partial charge is 0.370 e. The highest BCUT2D eigenvalue weighted by atomic mass is 16.5. The summed E-state index contributed by atoms with van der Waals surface area (Å²) in [6.45, 7) is 9.04. The lowest BCUT2D eigenvalue weighted by molar-refractivity contribution is -0.0121. The summed E-state index contributed by atoms with van der Waals surface area (Å²) in [6, 6.07) is 10.4. The van der Waals surface area contributed by atoms with E-state index in [9.17, 15) is 0 Å². The van der Waals surface area contributed by atoms with Gasteiger partial charge in [0, 0.05) is 12.1 Å². The lowest BCUT2D eigenvalue weighted by atomic mass is 10.1. The predicted octanol–water partition coefficient (Wildman–Crippen LogP) is 2.69. The molecule has 0 heterocycles. The molecule has 0 bridgehead atoms. The molecule has 1 aromatic rings. The molecule has 19 heavy (non-hydrogen) atoms. The third kappa shape index (κ3) is 5.31. The molecule has 0 aliphatic carbocycles. The molecular weight excluding hydrogens is 236 g/mol. The number of nitrogens with one attached hydrogen (secondary N) is 1. The van der Waals surface area contributed by atoms with Crippen LogP contribution in [0.5, 0.6) is 0 Å².